The van der Waals surface area contributed by atoms with Gasteiger partial charge in [-0.05, 0) is 12.0 Å². The van der Waals surface area contributed by atoms with Crippen LogP contribution < -0.4 is 5.32 Å². The molecule has 0 aliphatic rings. The van der Waals surface area contributed by atoms with Crippen molar-refractivity contribution in [1.29, 1.82) is 0 Å². The van der Waals surface area contributed by atoms with Gasteiger partial charge in [0.25, 0.3) is 0 Å². The Kier molecular flexibility index (Phi) is 8.58. The lowest BCUT2D eigenvalue weighted by molar-refractivity contribution is -0.139. The van der Waals surface area contributed by atoms with E-state index in [1.165, 1.54) is 11.8 Å². The summed E-state index contributed by atoms with van der Waals surface area (Å²) in [5, 5.41) is 19.7. The number of rotatable bonds is 9. The average Bonchev–Trinajstić information content (AvgIpc) is 2.15. The van der Waals surface area contributed by atoms with Crippen LogP contribution in [0.15, 0.2) is 0 Å². The Labute approximate surface area is 95.6 Å². The summed E-state index contributed by atoms with van der Waals surface area (Å²) >= 11 is 1.77. The molecular weight excluding hydrogens is 242 g/mol. The quantitative estimate of drug-likeness (QED) is 0.266. The molecule has 0 rings (SSSR count). The van der Waals surface area contributed by atoms with Crippen molar-refractivity contribution in [2.75, 3.05) is 17.4 Å². The van der Waals surface area contributed by atoms with E-state index < -0.39 is 18.0 Å². The third kappa shape index (κ3) is 8.55. The maximum atomic E-state index is 10.6. The van der Waals surface area contributed by atoms with Crippen LogP contribution in [0.4, 0.5) is 0 Å². The lowest BCUT2D eigenvalue weighted by atomic mass is 10.3. The molecule has 0 unspecified atom stereocenters. The highest BCUT2D eigenvalue weighted by atomic mass is 32.2. The summed E-state index contributed by atoms with van der Waals surface area (Å²) in [6.45, 7) is 0. The molecule has 88 valence electrons. The first-order chi connectivity index (χ1) is 7.07. The minimum Gasteiger partial charge on any atom is -0.481 e. The molecule has 0 aliphatic heterocycles. The molecule has 4 N–H and O–H groups in total. The van der Waals surface area contributed by atoms with Gasteiger partial charge in [0.15, 0.2) is 0 Å². The second-order valence-corrected chi connectivity index (χ2v) is 4.28. The highest BCUT2D eigenvalue weighted by Crippen LogP contribution is 2.03. The molecule has 0 saturated carbocycles. The topological polar surface area (TPSA) is 107 Å². The summed E-state index contributed by atoms with van der Waals surface area (Å²) in [6, 6.07) is -0.808. The lowest BCUT2D eigenvalue weighted by Gasteiger charge is -2.11. The predicted molar refractivity (Wildman–Crippen MR) is 59.2 cm³/mol. The summed E-state index contributed by atoms with van der Waals surface area (Å²) < 4.78 is 8.49. The van der Waals surface area contributed by atoms with Gasteiger partial charge >= 0.3 is 11.9 Å². The molecule has 0 aliphatic carbocycles. The van der Waals surface area contributed by atoms with Crippen LogP contribution in [0, 0.1) is 0 Å². The minimum atomic E-state index is -1.03. The van der Waals surface area contributed by atoms with Gasteiger partial charge in [0.2, 0.25) is 0 Å². The van der Waals surface area contributed by atoms with Crippen LogP contribution in [0.3, 0.4) is 0 Å². The third-order valence-electron chi connectivity index (χ3n) is 1.43. The van der Waals surface area contributed by atoms with Gasteiger partial charge in [-0.1, -0.05) is 0 Å². The van der Waals surface area contributed by atoms with E-state index in [1.807, 2.05) is 0 Å². The van der Waals surface area contributed by atoms with Crippen molar-refractivity contribution in [3.8, 4) is 0 Å². The van der Waals surface area contributed by atoms with Crippen molar-refractivity contribution in [3.63, 3.8) is 0 Å². The van der Waals surface area contributed by atoms with Gasteiger partial charge in [-0.3, -0.25) is 14.9 Å². The van der Waals surface area contributed by atoms with Crippen LogP contribution in [0.1, 0.15) is 6.42 Å². The Morgan fingerprint density at radius 3 is 2.47 bits per heavy atom. The molecule has 0 aromatic heterocycles. The van der Waals surface area contributed by atoms with E-state index >= 15 is 0 Å². The van der Waals surface area contributed by atoms with E-state index in [1.54, 1.807) is 0 Å². The third-order valence-corrected chi connectivity index (χ3v) is 2.78. The van der Waals surface area contributed by atoms with Crippen LogP contribution in [0.5, 0.6) is 0 Å². The Hall–Kier alpha value is -0.440. The molecule has 0 spiro atoms. The monoisotopic (exact) mass is 255 g/mol. The van der Waals surface area contributed by atoms with Gasteiger partial charge in [0.05, 0.1) is 6.42 Å². The summed E-state index contributed by atoms with van der Waals surface area (Å²) in [7, 11) is 0. The fraction of sp³-hybridized carbons (Fsp3) is 0.714. The zero-order chi connectivity index (χ0) is 11.7. The van der Waals surface area contributed by atoms with Gasteiger partial charge in [-0.15, -0.1) is 11.8 Å². The maximum Gasteiger partial charge on any atom is 0.321 e. The number of hydrogen-bond acceptors (Lipinski definition) is 6. The molecule has 8 heteroatoms. The number of thioether (sulfide) groups is 1. The second kappa shape index (κ2) is 8.84. The van der Waals surface area contributed by atoms with Gasteiger partial charge in [0, 0.05) is 17.4 Å². The predicted octanol–water partition coefficient (Wildman–Crippen LogP) is 0.401. The number of hydrogen-bond donors (Lipinski definition) is 4. The molecule has 6 nitrogen and oxygen atoms in total. The Morgan fingerprint density at radius 2 is 2.00 bits per heavy atom. The largest absolute Gasteiger partial charge is 0.481 e. The van der Waals surface area contributed by atoms with Gasteiger partial charge < -0.3 is 14.8 Å². The summed E-state index contributed by atoms with van der Waals surface area (Å²) in [5.74, 6) is -1.06. The van der Waals surface area contributed by atoms with E-state index in [9.17, 15) is 9.59 Å². The van der Waals surface area contributed by atoms with Crippen LogP contribution in [-0.4, -0.2) is 50.1 Å². The number of nitrogens with one attached hydrogen (secondary N) is 1. The molecule has 0 amide bonds. The second-order valence-electron chi connectivity index (χ2n) is 2.59. The fourth-order valence-electron chi connectivity index (χ4n) is 0.683. The molecular formula is C7H13NO5S2. The number of carboxylic acid groups (broad SMARTS) is 2. The van der Waals surface area contributed by atoms with Crippen molar-refractivity contribution in [3.05, 3.63) is 0 Å². The van der Waals surface area contributed by atoms with E-state index in [4.69, 9.17) is 14.8 Å². The Morgan fingerprint density at radius 1 is 1.33 bits per heavy atom. The van der Waals surface area contributed by atoms with Crippen LogP contribution in [0.25, 0.3) is 0 Å². The summed E-state index contributed by atoms with van der Waals surface area (Å²) in [5.41, 5.74) is 0. The fourth-order valence-corrected chi connectivity index (χ4v) is 1.88. The van der Waals surface area contributed by atoms with Gasteiger partial charge in [0.1, 0.15) is 6.04 Å². The van der Waals surface area contributed by atoms with E-state index in [-0.39, 0.29) is 12.2 Å². The highest BCUT2D eigenvalue weighted by molar-refractivity contribution is 7.99. The van der Waals surface area contributed by atoms with Crippen LogP contribution >= 0.6 is 23.8 Å². The normalized spacial score (nSPS) is 12.3. The molecule has 15 heavy (non-hydrogen) atoms. The molecule has 1 atom stereocenters. The zero-order valence-corrected chi connectivity index (χ0v) is 9.51. The molecule has 0 aromatic rings. The number of aliphatic carboxylic acids is 2. The van der Waals surface area contributed by atoms with Crippen molar-refractivity contribution < 1.29 is 24.4 Å². The Balaban J connectivity index is 3.53. The van der Waals surface area contributed by atoms with E-state index in [0.717, 1.165) is 0 Å². The SMILES string of the molecule is O=C(O)CCSCN[C@@H](CSO)C(=O)O. The lowest BCUT2D eigenvalue weighted by Crippen LogP contribution is -2.38. The molecule has 0 radical (unpaired) electrons. The van der Waals surface area contributed by atoms with Crippen molar-refractivity contribution in [2.24, 2.45) is 0 Å². The number of carboxylic acids is 2. The first kappa shape index (κ1) is 14.6. The highest BCUT2D eigenvalue weighted by Gasteiger charge is 2.15. The molecule has 0 fully saturated rings. The van der Waals surface area contributed by atoms with E-state index in [2.05, 4.69) is 5.32 Å². The first-order valence-electron chi connectivity index (χ1n) is 4.10. The molecule has 0 aromatic carbocycles. The molecule has 0 bridgehead atoms. The van der Waals surface area contributed by atoms with Gasteiger partial charge in [-0.25, -0.2) is 0 Å². The summed E-state index contributed by atoms with van der Waals surface area (Å²) in [4.78, 5) is 20.7. The Bertz CT molecular complexity index is 214. The van der Waals surface area contributed by atoms with E-state index in [0.29, 0.717) is 23.7 Å². The standard InChI is InChI=1S/C7H13NO5S2/c9-6(10)1-2-14-4-8-5(3-15-13)7(11)12/h5,8,13H,1-4H2,(H,9,10)(H,11,12)/t5-/m0/s1. The first-order valence-corrected chi connectivity index (χ1v) is 6.19. The summed E-state index contributed by atoms with van der Waals surface area (Å²) in [6.07, 6.45) is 0.0544. The molecule has 0 saturated heterocycles. The minimum absolute atomic E-state index is 0.0544. The van der Waals surface area contributed by atoms with Crippen LogP contribution in [-0.2, 0) is 9.59 Å². The average molecular weight is 255 g/mol. The van der Waals surface area contributed by atoms with Crippen molar-refractivity contribution in [2.45, 2.75) is 12.5 Å². The molecule has 0 heterocycles. The van der Waals surface area contributed by atoms with Gasteiger partial charge in [-0.2, -0.15) is 0 Å². The zero-order valence-electron chi connectivity index (χ0n) is 7.88. The van der Waals surface area contributed by atoms with Crippen molar-refractivity contribution in [1.82, 2.24) is 5.32 Å². The maximum absolute atomic E-state index is 10.6. The smallest absolute Gasteiger partial charge is 0.321 e. The van der Waals surface area contributed by atoms with Crippen LogP contribution in [0.2, 0.25) is 0 Å². The number of carbonyl (C=O) groups is 2. The van der Waals surface area contributed by atoms with Crippen molar-refractivity contribution >= 4 is 35.7 Å².